The number of aromatic nitrogens is 2. The minimum atomic E-state index is -0.751. The van der Waals surface area contributed by atoms with Gasteiger partial charge < -0.3 is 10.4 Å². The van der Waals surface area contributed by atoms with Gasteiger partial charge in [-0.05, 0) is 37.2 Å². The quantitative estimate of drug-likeness (QED) is 0.872. The summed E-state index contributed by atoms with van der Waals surface area (Å²) in [7, 11) is 0. The molecule has 0 radical (unpaired) electrons. The Hall–Kier alpha value is -1.01. The summed E-state index contributed by atoms with van der Waals surface area (Å²) in [4.78, 5) is 12.4. The van der Waals surface area contributed by atoms with Gasteiger partial charge in [0.15, 0.2) is 0 Å². The summed E-state index contributed by atoms with van der Waals surface area (Å²) in [5, 5.41) is 17.0. The first-order valence-corrected chi connectivity index (χ1v) is 7.07. The van der Waals surface area contributed by atoms with E-state index in [-0.39, 0.29) is 5.91 Å². The Balaban J connectivity index is 1.91. The van der Waals surface area contributed by atoms with E-state index in [1.165, 1.54) is 0 Å². The Morgan fingerprint density at radius 1 is 1.67 bits per heavy atom. The fourth-order valence-electron chi connectivity index (χ4n) is 2.56. The summed E-state index contributed by atoms with van der Waals surface area (Å²) >= 11 is 1.09. The van der Waals surface area contributed by atoms with Crippen LogP contribution in [0.25, 0.3) is 0 Å². The Labute approximate surface area is 111 Å². The van der Waals surface area contributed by atoms with E-state index >= 15 is 0 Å². The molecule has 0 aliphatic heterocycles. The molecule has 1 fully saturated rings. The zero-order valence-electron chi connectivity index (χ0n) is 10.8. The molecule has 2 unspecified atom stereocenters. The van der Waals surface area contributed by atoms with E-state index in [0.717, 1.165) is 37.2 Å². The van der Waals surface area contributed by atoms with Gasteiger partial charge in [0, 0.05) is 6.54 Å². The lowest BCUT2D eigenvalue weighted by Crippen LogP contribution is -2.45. The molecular formula is C12H19N3O2S. The number of hydrogen-bond donors (Lipinski definition) is 2. The minimum Gasteiger partial charge on any atom is -0.388 e. The van der Waals surface area contributed by atoms with E-state index < -0.39 is 5.60 Å². The molecule has 1 aliphatic rings. The summed E-state index contributed by atoms with van der Waals surface area (Å²) in [5.41, 5.74) is -0.110. The molecule has 2 rings (SSSR count). The molecule has 1 amide bonds. The second kappa shape index (κ2) is 5.32. The average Bonchev–Trinajstić information content (AvgIpc) is 2.72. The maximum absolute atomic E-state index is 11.9. The number of carbonyl (C=O) groups is 1. The lowest BCUT2D eigenvalue weighted by Gasteiger charge is -2.35. The van der Waals surface area contributed by atoms with Gasteiger partial charge in [-0.15, -0.1) is 5.10 Å². The van der Waals surface area contributed by atoms with E-state index in [9.17, 15) is 9.90 Å². The molecule has 0 saturated heterocycles. The predicted octanol–water partition coefficient (Wildman–Crippen LogP) is 1.52. The average molecular weight is 269 g/mol. The molecule has 1 aromatic rings. The lowest BCUT2D eigenvalue weighted by molar-refractivity contribution is -0.0109. The zero-order chi connectivity index (χ0) is 13.2. The van der Waals surface area contributed by atoms with Gasteiger partial charge in [-0.25, -0.2) is 0 Å². The Morgan fingerprint density at radius 3 is 3.06 bits per heavy atom. The summed E-state index contributed by atoms with van der Waals surface area (Å²) in [6.45, 7) is 4.21. The van der Waals surface area contributed by atoms with E-state index in [2.05, 4.69) is 21.8 Å². The highest BCUT2D eigenvalue weighted by atomic mass is 32.1. The van der Waals surface area contributed by atoms with Crippen molar-refractivity contribution in [3.63, 3.8) is 0 Å². The molecular weight excluding hydrogens is 250 g/mol. The first kappa shape index (κ1) is 13.4. The third kappa shape index (κ3) is 3.05. The molecule has 5 nitrogen and oxygen atoms in total. The maximum Gasteiger partial charge on any atom is 0.265 e. The highest BCUT2D eigenvalue weighted by Gasteiger charge is 2.33. The number of carbonyl (C=O) groups excluding carboxylic acids is 1. The SMILES string of the molecule is Cc1nnsc1C(=O)NCC1(O)CCCC(C)C1. The van der Waals surface area contributed by atoms with Gasteiger partial charge in [-0.2, -0.15) is 0 Å². The third-order valence-electron chi connectivity index (χ3n) is 3.50. The largest absolute Gasteiger partial charge is 0.388 e. The van der Waals surface area contributed by atoms with E-state index in [0.29, 0.717) is 23.0 Å². The second-order valence-corrected chi connectivity index (χ2v) is 6.05. The van der Waals surface area contributed by atoms with Crippen LogP contribution in [0.2, 0.25) is 0 Å². The second-order valence-electron chi connectivity index (χ2n) is 5.30. The van der Waals surface area contributed by atoms with E-state index in [1.54, 1.807) is 6.92 Å². The molecule has 18 heavy (non-hydrogen) atoms. The molecule has 1 aromatic heterocycles. The van der Waals surface area contributed by atoms with Crippen molar-refractivity contribution in [3.05, 3.63) is 10.6 Å². The lowest BCUT2D eigenvalue weighted by atomic mass is 9.79. The number of amides is 1. The number of rotatable bonds is 3. The summed E-state index contributed by atoms with van der Waals surface area (Å²) in [5.74, 6) is 0.335. The highest BCUT2D eigenvalue weighted by Crippen LogP contribution is 2.31. The Morgan fingerprint density at radius 2 is 2.44 bits per heavy atom. The molecule has 2 N–H and O–H groups in total. The molecule has 1 aliphatic carbocycles. The molecule has 6 heteroatoms. The number of nitrogens with one attached hydrogen (secondary N) is 1. The normalized spacial score (nSPS) is 28.1. The fraction of sp³-hybridized carbons (Fsp3) is 0.750. The smallest absolute Gasteiger partial charge is 0.265 e. The summed E-state index contributed by atoms with van der Waals surface area (Å²) < 4.78 is 3.74. The molecule has 100 valence electrons. The van der Waals surface area contributed by atoms with E-state index in [1.807, 2.05) is 0 Å². The highest BCUT2D eigenvalue weighted by molar-refractivity contribution is 7.07. The maximum atomic E-state index is 11.9. The molecule has 0 bridgehead atoms. The third-order valence-corrected chi connectivity index (χ3v) is 4.33. The molecule has 0 aromatic carbocycles. The van der Waals surface area contributed by atoms with Crippen LogP contribution in [-0.4, -0.2) is 32.7 Å². The van der Waals surface area contributed by atoms with Gasteiger partial charge in [0.1, 0.15) is 4.88 Å². The van der Waals surface area contributed by atoms with Crippen molar-refractivity contribution >= 4 is 17.4 Å². The van der Waals surface area contributed by atoms with Crippen molar-refractivity contribution < 1.29 is 9.90 Å². The van der Waals surface area contributed by atoms with Crippen LogP contribution in [0.1, 0.15) is 48.0 Å². The first-order valence-electron chi connectivity index (χ1n) is 6.30. The molecule has 1 saturated carbocycles. The first-order chi connectivity index (χ1) is 8.50. The van der Waals surface area contributed by atoms with E-state index in [4.69, 9.17) is 0 Å². The van der Waals surface area contributed by atoms with Crippen molar-refractivity contribution in [2.45, 2.75) is 45.1 Å². The molecule has 1 heterocycles. The van der Waals surface area contributed by atoms with Gasteiger partial charge in [-0.3, -0.25) is 4.79 Å². The number of nitrogens with zero attached hydrogens (tertiary/aromatic N) is 2. The van der Waals surface area contributed by atoms with Crippen molar-refractivity contribution in [1.82, 2.24) is 14.9 Å². The Kier molecular flexibility index (Phi) is 3.97. The van der Waals surface area contributed by atoms with Crippen LogP contribution >= 0.6 is 11.5 Å². The minimum absolute atomic E-state index is 0.186. The van der Waals surface area contributed by atoms with Crippen LogP contribution in [0.15, 0.2) is 0 Å². The van der Waals surface area contributed by atoms with Gasteiger partial charge >= 0.3 is 0 Å². The monoisotopic (exact) mass is 269 g/mol. The van der Waals surface area contributed by atoms with Crippen molar-refractivity contribution in [3.8, 4) is 0 Å². The van der Waals surface area contributed by atoms with Crippen LogP contribution in [0.4, 0.5) is 0 Å². The van der Waals surface area contributed by atoms with Gasteiger partial charge in [0.2, 0.25) is 0 Å². The summed E-state index contributed by atoms with van der Waals surface area (Å²) in [6, 6.07) is 0. The predicted molar refractivity (Wildman–Crippen MR) is 69.6 cm³/mol. The van der Waals surface area contributed by atoms with Crippen LogP contribution < -0.4 is 5.32 Å². The number of hydrogen-bond acceptors (Lipinski definition) is 5. The number of aryl methyl sites for hydroxylation is 1. The molecule has 2 atom stereocenters. The van der Waals surface area contributed by atoms with Gasteiger partial charge in [-0.1, -0.05) is 24.3 Å². The zero-order valence-corrected chi connectivity index (χ0v) is 11.6. The standard InChI is InChI=1S/C12H19N3O2S/c1-8-4-3-5-12(17,6-8)7-13-11(16)10-9(2)14-15-18-10/h8,17H,3-7H2,1-2H3,(H,13,16). The van der Waals surface area contributed by atoms with Gasteiger partial charge in [0.25, 0.3) is 5.91 Å². The fourth-order valence-corrected chi connectivity index (χ4v) is 3.13. The van der Waals surface area contributed by atoms with Gasteiger partial charge in [0.05, 0.1) is 11.3 Å². The number of aliphatic hydroxyl groups is 1. The van der Waals surface area contributed by atoms with Crippen LogP contribution in [0.5, 0.6) is 0 Å². The van der Waals surface area contributed by atoms with Crippen LogP contribution in [-0.2, 0) is 0 Å². The Bertz CT molecular complexity index is 435. The van der Waals surface area contributed by atoms with Crippen LogP contribution in [0, 0.1) is 12.8 Å². The van der Waals surface area contributed by atoms with Crippen molar-refractivity contribution in [2.75, 3.05) is 6.54 Å². The van der Waals surface area contributed by atoms with Crippen molar-refractivity contribution in [1.29, 1.82) is 0 Å². The van der Waals surface area contributed by atoms with Crippen molar-refractivity contribution in [2.24, 2.45) is 5.92 Å². The molecule has 0 spiro atoms. The summed E-state index contributed by atoms with van der Waals surface area (Å²) in [6.07, 6.45) is 3.70. The topological polar surface area (TPSA) is 75.1 Å². The van der Waals surface area contributed by atoms with Crippen LogP contribution in [0.3, 0.4) is 0 Å².